The maximum absolute atomic E-state index is 9.63. The maximum Gasteiger partial charge on any atom is 0.0628 e. The molecule has 0 bridgehead atoms. The highest BCUT2D eigenvalue weighted by Gasteiger charge is 2.18. The molecular weight excluding hydrogens is 260 g/mol. The van der Waals surface area contributed by atoms with Crippen molar-refractivity contribution in [2.24, 2.45) is 5.92 Å². The number of hydrogen-bond donors (Lipinski definition) is 1. The van der Waals surface area contributed by atoms with Crippen LogP contribution in [0.4, 0.5) is 0 Å². The topological polar surface area (TPSA) is 38.0 Å². The van der Waals surface area contributed by atoms with E-state index in [9.17, 15) is 5.11 Å². The summed E-state index contributed by atoms with van der Waals surface area (Å²) in [5.74, 6) is 0.249. The fourth-order valence-electron chi connectivity index (χ4n) is 3.30. The highest BCUT2D eigenvalue weighted by Crippen LogP contribution is 2.29. The second-order valence-corrected chi connectivity index (χ2v) is 6.17. The molecule has 1 fully saturated rings. The largest absolute Gasteiger partial charge is 0.396 e. The summed E-state index contributed by atoms with van der Waals surface area (Å²) in [6, 6.07) is 13.1. The van der Waals surface area contributed by atoms with Gasteiger partial charge in [0.1, 0.15) is 0 Å². The van der Waals surface area contributed by atoms with Gasteiger partial charge >= 0.3 is 0 Å². The maximum atomic E-state index is 9.63. The van der Waals surface area contributed by atoms with Crippen molar-refractivity contribution in [2.75, 3.05) is 6.61 Å². The predicted molar refractivity (Wildman–Crippen MR) is 84.2 cm³/mol. The molecule has 1 aliphatic rings. The van der Waals surface area contributed by atoms with Gasteiger partial charge in [-0.15, -0.1) is 0 Å². The van der Waals surface area contributed by atoms with Crippen LogP contribution in [-0.2, 0) is 12.8 Å². The van der Waals surface area contributed by atoms with Crippen LogP contribution in [0.1, 0.15) is 43.0 Å². The van der Waals surface area contributed by atoms with Crippen LogP contribution in [0.3, 0.4) is 0 Å². The quantitative estimate of drug-likeness (QED) is 0.883. The number of rotatable bonds is 6. The molecule has 1 atom stereocenters. The zero-order valence-electron chi connectivity index (χ0n) is 12.5. The number of hydrogen-bond acceptors (Lipinski definition) is 2. The van der Waals surface area contributed by atoms with E-state index < -0.39 is 0 Å². The highest BCUT2D eigenvalue weighted by molar-refractivity contribution is 5.16. The van der Waals surface area contributed by atoms with Crippen LogP contribution in [0.25, 0.3) is 0 Å². The van der Waals surface area contributed by atoms with Crippen molar-refractivity contribution >= 4 is 0 Å². The molecule has 1 N–H and O–H groups in total. The Morgan fingerprint density at radius 2 is 1.86 bits per heavy atom. The first-order valence-electron chi connectivity index (χ1n) is 8.04. The average molecular weight is 284 g/mol. The third-order valence-corrected chi connectivity index (χ3v) is 4.49. The van der Waals surface area contributed by atoms with Gasteiger partial charge in [-0.2, -0.15) is 5.10 Å². The van der Waals surface area contributed by atoms with Crippen molar-refractivity contribution in [3.8, 4) is 0 Å². The Hall–Kier alpha value is -1.61. The molecule has 1 saturated carbocycles. The van der Waals surface area contributed by atoms with Gasteiger partial charge in [0, 0.05) is 12.8 Å². The van der Waals surface area contributed by atoms with Gasteiger partial charge in [0.2, 0.25) is 0 Å². The molecule has 3 heteroatoms. The van der Waals surface area contributed by atoms with E-state index in [1.165, 1.54) is 31.2 Å². The fourth-order valence-corrected chi connectivity index (χ4v) is 3.30. The number of aliphatic hydroxyl groups is 1. The summed E-state index contributed by atoms with van der Waals surface area (Å²) < 4.78 is 2.14. The Bertz CT molecular complexity index is 543. The zero-order valence-corrected chi connectivity index (χ0v) is 12.5. The van der Waals surface area contributed by atoms with Crippen molar-refractivity contribution in [3.63, 3.8) is 0 Å². The van der Waals surface area contributed by atoms with Gasteiger partial charge in [0.05, 0.1) is 11.7 Å². The second kappa shape index (κ2) is 6.90. The second-order valence-electron chi connectivity index (χ2n) is 6.17. The molecule has 2 aromatic rings. The molecule has 1 heterocycles. The fraction of sp³-hybridized carbons (Fsp3) is 0.500. The first kappa shape index (κ1) is 14.3. The molecule has 112 valence electrons. The molecule has 3 nitrogen and oxygen atoms in total. The Morgan fingerprint density at radius 3 is 2.57 bits per heavy atom. The summed E-state index contributed by atoms with van der Waals surface area (Å²) in [4.78, 5) is 0. The lowest BCUT2D eigenvalue weighted by Crippen LogP contribution is -2.14. The number of aliphatic hydroxyl groups excluding tert-OH is 1. The van der Waals surface area contributed by atoms with Crippen LogP contribution >= 0.6 is 0 Å². The Labute approximate surface area is 126 Å². The monoisotopic (exact) mass is 284 g/mol. The summed E-state index contributed by atoms with van der Waals surface area (Å²) in [6.45, 7) is 0.213. The van der Waals surface area contributed by atoms with Gasteiger partial charge < -0.3 is 5.11 Å². The van der Waals surface area contributed by atoms with Gasteiger partial charge in [-0.25, -0.2) is 0 Å². The van der Waals surface area contributed by atoms with Gasteiger partial charge in [-0.1, -0.05) is 43.2 Å². The lowest BCUT2D eigenvalue weighted by atomic mass is 9.96. The normalized spacial score (nSPS) is 17.2. The first-order valence-corrected chi connectivity index (χ1v) is 8.04. The third kappa shape index (κ3) is 3.73. The Kier molecular flexibility index (Phi) is 4.71. The molecule has 1 aromatic heterocycles. The van der Waals surface area contributed by atoms with E-state index in [4.69, 9.17) is 5.10 Å². The van der Waals surface area contributed by atoms with Crippen LogP contribution in [0.5, 0.6) is 0 Å². The summed E-state index contributed by atoms with van der Waals surface area (Å²) in [7, 11) is 0. The van der Waals surface area contributed by atoms with Crippen molar-refractivity contribution in [2.45, 2.75) is 44.6 Å². The number of aromatic nitrogens is 2. The molecule has 0 amide bonds. The third-order valence-electron chi connectivity index (χ3n) is 4.49. The van der Waals surface area contributed by atoms with E-state index in [0.29, 0.717) is 6.04 Å². The molecule has 1 aliphatic carbocycles. The number of benzene rings is 1. The van der Waals surface area contributed by atoms with E-state index in [1.54, 1.807) is 0 Å². The van der Waals surface area contributed by atoms with Crippen molar-refractivity contribution in [3.05, 3.63) is 53.9 Å². The molecule has 0 spiro atoms. The summed E-state index contributed by atoms with van der Waals surface area (Å²) in [5, 5.41) is 14.4. The van der Waals surface area contributed by atoms with E-state index in [1.807, 2.05) is 6.07 Å². The van der Waals surface area contributed by atoms with Crippen LogP contribution in [0.15, 0.2) is 42.6 Å². The Morgan fingerprint density at radius 1 is 1.10 bits per heavy atom. The van der Waals surface area contributed by atoms with Gasteiger partial charge in [0.25, 0.3) is 0 Å². The van der Waals surface area contributed by atoms with Crippen molar-refractivity contribution < 1.29 is 5.11 Å². The summed E-state index contributed by atoms with van der Waals surface area (Å²) >= 11 is 0. The first-order chi connectivity index (χ1) is 10.3. The average Bonchev–Trinajstić information content (AvgIpc) is 3.18. The molecule has 0 saturated heterocycles. The SMILES string of the molecule is OCC(Cc1ccccc1)Cc1ccn(C2CCCC2)n1. The molecule has 0 radical (unpaired) electrons. The molecule has 3 rings (SSSR count). The van der Waals surface area contributed by atoms with Gasteiger partial charge in [0.15, 0.2) is 0 Å². The van der Waals surface area contributed by atoms with Crippen LogP contribution < -0.4 is 0 Å². The summed E-state index contributed by atoms with van der Waals surface area (Å²) in [5.41, 5.74) is 2.39. The van der Waals surface area contributed by atoms with Crippen LogP contribution in [0, 0.1) is 5.92 Å². The zero-order chi connectivity index (χ0) is 14.5. The van der Waals surface area contributed by atoms with E-state index in [-0.39, 0.29) is 12.5 Å². The van der Waals surface area contributed by atoms with E-state index >= 15 is 0 Å². The minimum Gasteiger partial charge on any atom is -0.396 e. The van der Waals surface area contributed by atoms with Gasteiger partial charge in [-0.3, -0.25) is 4.68 Å². The highest BCUT2D eigenvalue weighted by atomic mass is 16.3. The minimum absolute atomic E-state index is 0.213. The van der Waals surface area contributed by atoms with Gasteiger partial charge in [-0.05, 0) is 43.2 Å². The lowest BCUT2D eigenvalue weighted by molar-refractivity contribution is 0.223. The van der Waals surface area contributed by atoms with Crippen molar-refractivity contribution in [1.29, 1.82) is 0 Å². The van der Waals surface area contributed by atoms with Crippen LogP contribution in [0.2, 0.25) is 0 Å². The molecule has 1 aromatic carbocycles. The Balaban J connectivity index is 1.61. The van der Waals surface area contributed by atoms with Crippen LogP contribution in [-0.4, -0.2) is 21.5 Å². The number of nitrogens with zero attached hydrogens (tertiary/aromatic N) is 2. The summed E-state index contributed by atoms with van der Waals surface area (Å²) in [6.07, 6.45) is 9.05. The molecular formula is C18H24N2O. The van der Waals surface area contributed by atoms with Crippen molar-refractivity contribution in [1.82, 2.24) is 9.78 Å². The smallest absolute Gasteiger partial charge is 0.0628 e. The van der Waals surface area contributed by atoms with E-state index in [0.717, 1.165) is 18.5 Å². The molecule has 1 unspecified atom stereocenters. The minimum atomic E-state index is 0.213. The van der Waals surface area contributed by atoms with E-state index in [2.05, 4.69) is 41.2 Å². The lowest BCUT2D eigenvalue weighted by Gasteiger charge is -2.13. The molecule has 0 aliphatic heterocycles. The predicted octanol–water partition coefficient (Wildman–Crippen LogP) is 3.39. The molecule has 21 heavy (non-hydrogen) atoms. The standard InChI is InChI=1S/C18H24N2O/c21-14-16(12-15-6-2-1-3-7-15)13-17-10-11-20(19-17)18-8-4-5-9-18/h1-3,6-7,10-11,16,18,21H,4-5,8-9,12-14H2.